The molecular formula is C15H13NO4S. The molecule has 0 fully saturated rings. The number of rotatable bonds is 4. The summed E-state index contributed by atoms with van der Waals surface area (Å²) >= 11 is 1.47. The van der Waals surface area contributed by atoms with E-state index in [1.54, 1.807) is 13.2 Å². The van der Waals surface area contributed by atoms with Crippen LogP contribution in [0, 0.1) is 6.92 Å². The van der Waals surface area contributed by atoms with Crippen LogP contribution in [0.3, 0.4) is 0 Å². The lowest BCUT2D eigenvalue weighted by Crippen LogP contribution is -2.36. The van der Waals surface area contributed by atoms with E-state index < -0.39 is 17.5 Å². The first-order valence-corrected chi connectivity index (χ1v) is 7.09. The van der Waals surface area contributed by atoms with Crippen molar-refractivity contribution in [1.29, 1.82) is 0 Å². The van der Waals surface area contributed by atoms with Crippen LogP contribution in [-0.4, -0.2) is 24.6 Å². The van der Waals surface area contributed by atoms with Gasteiger partial charge in [-0.3, -0.25) is 4.79 Å². The van der Waals surface area contributed by atoms with Crippen molar-refractivity contribution in [2.45, 2.75) is 12.5 Å². The zero-order valence-electron chi connectivity index (χ0n) is 11.5. The van der Waals surface area contributed by atoms with Crippen molar-refractivity contribution in [3.05, 3.63) is 40.8 Å². The van der Waals surface area contributed by atoms with Crippen molar-refractivity contribution in [3.8, 4) is 5.75 Å². The van der Waals surface area contributed by atoms with Crippen LogP contribution >= 0.6 is 11.3 Å². The molecule has 1 amide bonds. The molecule has 1 heterocycles. The minimum atomic E-state index is -1.34. The van der Waals surface area contributed by atoms with E-state index in [4.69, 9.17) is 15.2 Å². The topological polar surface area (TPSA) is 78.6 Å². The van der Waals surface area contributed by atoms with Gasteiger partial charge in [0.15, 0.2) is 0 Å². The van der Waals surface area contributed by atoms with E-state index in [0.717, 1.165) is 20.7 Å². The first-order valence-electron chi connectivity index (χ1n) is 6.27. The number of carbonyl (C=O) groups is 2. The Bertz CT molecular complexity index is 784. The van der Waals surface area contributed by atoms with Gasteiger partial charge in [-0.2, -0.15) is 0 Å². The van der Waals surface area contributed by atoms with E-state index in [9.17, 15) is 9.59 Å². The zero-order valence-corrected chi connectivity index (χ0v) is 12.3. The normalized spacial score (nSPS) is 15.0. The zero-order chi connectivity index (χ0) is 15.2. The maximum Gasteiger partial charge on any atom is 0.341 e. The third kappa shape index (κ3) is 2.17. The molecule has 3 rings (SSSR count). The number of esters is 1. The fourth-order valence-corrected chi connectivity index (χ4v) is 3.22. The fraction of sp³-hybridized carbons (Fsp3) is 0.200. The number of primary amides is 1. The number of aryl methyl sites for hydroxylation is 1. The molecule has 0 unspecified atom stereocenters. The highest BCUT2D eigenvalue weighted by Gasteiger charge is 2.45. The lowest BCUT2D eigenvalue weighted by atomic mass is 10.1. The molecule has 21 heavy (non-hydrogen) atoms. The number of methoxy groups -OCH3 is 1. The van der Waals surface area contributed by atoms with Crippen LogP contribution in [0.25, 0.3) is 10.1 Å². The molecule has 0 saturated carbocycles. The van der Waals surface area contributed by atoms with Gasteiger partial charge in [-0.25, -0.2) is 4.79 Å². The second kappa shape index (κ2) is 4.60. The number of benzene rings is 1. The molecule has 0 aliphatic heterocycles. The van der Waals surface area contributed by atoms with Crippen molar-refractivity contribution < 1.29 is 19.1 Å². The predicted molar refractivity (Wildman–Crippen MR) is 79.6 cm³/mol. The molecule has 2 N–H and O–H groups in total. The van der Waals surface area contributed by atoms with Crippen molar-refractivity contribution in [2.24, 2.45) is 5.73 Å². The number of amides is 1. The van der Waals surface area contributed by atoms with Gasteiger partial charge in [-0.05, 0) is 37.3 Å². The van der Waals surface area contributed by atoms with E-state index >= 15 is 0 Å². The molecule has 0 saturated heterocycles. The van der Waals surface area contributed by atoms with Gasteiger partial charge in [0.1, 0.15) is 5.75 Å². The van der Waals surface area contributed by atoms with Gasteiger partial charge in [0.2, 0.25) is 5.60 Å². The average Bonchev–Trinajstić information content (AvgIpc) is 3.14. The van der Waals surface area contributed by atoms with Crippen LogP contribution < -0.4 is 10.5 Å². The summed E-state index contributed by atoms with van der Waals surface area (Å²) in [6.45, 7) is 1.84. The Morgan fingerprint density at radius 3 is 2.57 bits per heavy atom. The SMILES string of the molecule is COc1ccc2c(C(=O)OC3(C(N)=O)C=C3)c(C)sc2c1. The van der Waals surface area contributed by atoms with E-state index in [-0.39, 0.29) is 0 Å². The Morgan fingerprint density at radius 2 is 2.00 bits per heavy atom. The quantitative estimate of drug-likeness (QED) is 0.693. The number of carbonyl (C=O) groups excluding carboxylic acids is 2. The number of nitrogens with two attached hydrogens (primary N) is 1. The summed E-state index contributed by atoms with van der Waals surface area (Å²) in [6.07, 6.45) is 2.94. The van der Waals surface area contributed by atoms with Gasteiger partial charge in [0, 0.05) is 15.0 Å². The summed E-state index contributed by atoms with van der Waals surface area (Å²) in [4.78, 5) is 24.5. The number of fused-ring (bicyclic) bond motifs is 1. The summed E-state index contributed by atoms with van der Waals surface area (Å²) in [5, 5.41) is 0.781. The molecule has 1 aliphatic rings. The number of hydrogen-bond acceptors (Lipinski definition) is 5. The highest BCUT2D eigenvalue weighted by Crippen LogP contribution is 2.36. The lowest BCUT2D eigenvalue weighted by molar-refractivity contribution is -0.127. The monoisotopic (exact) mass is 303 g/mol. The minimum Gasteiger partial charge on any atom is -0.497 e. The summed E-state index contributed by atoms with van der Waals surface area (Å²) in [6, 6.07) is 5.46. The van der Waals surface area contributed by atoms with E-state index in [1.807, 2.05) is 19.1 Å². The van der Waals surface area contributed by atoms with Crippen molar-refractivity contribution in [3.63, 3.8) is 0 Å². The minimum absolute atomic E-state index is 0.465. The molecule has 1 aliphatic carbocycles. The van der Waals surface area contributed by atoms with Gasteiger partial charge >= 0.3 is 5.97 Å². The maximum absolute atomic E-state index is 12.4. The highest BCUT2D eigenvalue weighted by molar-refractivity contribution is 7.19. The summed E-state index contributed by atoms with van der Waals surface area (Å²) in [5.41, 5.74) is 4.35. The first kappa shape index (κ1) is 13.6. The number of thiophene rings is 1. The molecule has 0 atom stereocenters. The third-order valence-electron chi connectivity index (χ3n) is 3.39. The van der Waals surface area contributed by atoms with Crippen LogP contribution in [0.5, 0.6) is 5.75 Å². The van der Waals surface area contributed by atoms with Crippen molar-refractivity contribution in [1.82, 2.24) is 0 Å². The highest BCUT2D eigenvalue weighted by atomic mass is 32.1. The standard InChI is InChI=1S/C15H13NO4S/c1-8-12(13(17)20-15(5-6-15)14(16)18)10-4-3-9(19-2)7-11(10)21-8/h3-7H,1-2H3,(H2,16,18). The molecule has 6 heteroatoms. The van der Waals surface area contributed by atoms with Crippen LogP contribution in [0.1, 0.15) is 15.2 Å². The Hall–Kier alpha value is -2.34. The molecule has 0 bridgehead atoms. The van der Waals surface area contributed by atoms with E-state index in [2.05, 4.69) is 0 Å². The van der Waals surface area contributed by atoms with Gasteiger partial charge < -0.3 is 15.2 Å². The Morgan fingerprint density at radius 1 is 1.29 bits per heavy atom. The van der Waals surface area contributed by atoms with E-state index in [0.29, 0.717) is 5.56 Å². The first-order chi connectivity index (χ1) is 9.97. The summed E-state index contributed by atoms with van der Waals surface area (Å²) in [7, 11) is 1.59. The van der Waals surface area contributed by atoms with Crippen molar-refractivity contribution >= 4 is 33.3 Å². The molecule has 5 nitrogen and oxygen atoms in total. The van der Waals surface area contributed by atoms with Crippen LogP contribution in [0.4, 0.5) is 0 Å². The molecule has 1 aromatic heterocycles. The molecule has 1 aromatic carbocycles. The van der Waals surface area contributed by atoms with Crippen LogP contribution in [0.15, 0.2) is 30.4 Å². The molecule has 0 radical (unpaired) electrons. The second-order valence-corrected chi connectivity index (χ2v) is 6.03. The Balaban J connectivity index is 1.98. The van der Waals surface area contributed by atoms with Crippen LogP contribution in [0.2, 0.25) is 0 Å². The molecule has 108 valence electrons. The maximum atomic E-state index is 12.4. The largest absolute Gasteiger partial charge is 0.497 e. The van der Waals surface area contributed by atoms with Crippen LogP contribution in [-0.2, 0) is 9.53 Å². The van der Waals surface area contributed by atoms with E-state index in [1.165, 1.54) is 23.5 Å². The molecule has 0 spiro atoms. The van der Waals surface area contributed by atoms with Gasteiger partial charge in [-0.15, -0.1) is 11.3 Å². The Labute approximate surface area is 125 Å². The third-order valence-corrected chi connectivity index (χ3v) is 4.46. The van der Waals surface area contributed by atoms with Gasteiger partial charge in [0.05, 0.1) is 12.7 Å². The number of hydrogen-bond donors (Lipinski definition) is 1. The second-order valence-electron chi connectivity index (χ2n) is 4.78. The molecular weight excluding hydrogens is 290 g/mol. The van der Waals surface area contributed by atoms with Gasteiger partial charge in [0.25, 0.3) is 5.91 Å². The summed E-state index contributed by atoms with van der Waals surface area (Å²) in [5.74, 6) is -0.511. The lowest BCUT2D eigenvalue weighted by Gasteiger charge is -2.13. The average molecular weight is 303 g/mol. The molecule has 2 aromatic rings. The predicted octanol–water partition coefficient (Wildman–Crippen LogP) is 2.17. The fourth-order valence-electron chi connectivity index (χ4n) is 2.14. The number of ether oxygens (including phenoxy) is 2. The van der Waals surface area contributed by atoms with Crippen molar-refractivity contribution in [2.75, 3.05) is 7.11 Å². The van der Waals surface area contributed by atoms with Gasteiger partial charge in [-0.1, -0.05) is 0 Å². The Kier molecular flexibility index (Phi) is 2.98. The smallest absolute Gasteiger partial charge is 0.341 e. The summed E-state index contributed by atoms with van der Waals surface area (Å²) < 4.78 is 11.4.